The summed E-state index contributed by atoms with van der Waals surface area (Å²) in [5, 5.41) is 0. The van der Waals surface area contributed by atoms with Gasteiger partial charge in [0.2, 0.25) is 0 Å². The topological polar surface area (TPSA) is 16.1 Å². The second kappa shape index (κ2) is 7.25. The molecular weight excluding hydrogens is 264 g/mol. The fourth-order valence-electron chi connectivity index (χ4n) is 1.99. The van der Waals surface area contributed by atoms with Gasteiger partial charge in [0, 0.05) is 24.3 Å². The normalized spacial score (nSPS) is 12.6. The standard InChI is InChI=1S/C14H23ClN2S/c1-10-8-11(2)16-14(13(10)9-15)17(4)12(3)6-7-18-5/h8,12H,6-7,9H2,1-5H3. The van der Waals surface area contributed by atoms with Crippen molar-refractivity contribution >= 4 is 29.2 Å². The van der Waals surface area contributed by atoms with Crippen LogP contribution < -0.4 is 4.90 Å². The molecule has 0 spiro atoms. The molecule has 0 fully saturated rings. The Balaban J connectivity index is 3.00. The lowest BCUT2D eigenvalue weighted by Gasteiger charge is -2.28. The molecule has 1 aromatic rings. The summed E-state index contributed by atoms with van der Waals surface area (Å²) in [6, 6.07) is 2.58. The van der Waals surface area contributed by atoms with E-state index in [9.17, 15) is 0 Å². The maximum atomic E-state index is 6.07. The lowest BCUT2D eigenvalue weighted by molar-refractivity contribution is 0.659. The highest BCUT2D eigenvalue weighted by atomic mass is 35.5. The molecule has 102 valence electrons. The van der Waals surface area contributed by atoms with Gasteiger partial charge in [0.05, 0.1) is 5.88 Å². The number of thioether (sulfide) groups is 1. The van der Waals surface area contributed by atoms with Gasteiger partial charge in [-0.3, -0.25) is 0 Å². The molecule has 1 heterocycles. The van der Waals surface area contributed by atoms with Crippen molar-refractivity contribution in [2.75, 3.05) is 24.0 Å². The third kappa shape index (κ3) is 3.79. The van der Waals surface area contributed by atoms with Gasteiger partial charge in [-0.15, -0.1) is 11.6 Å². The molecule has 0 aromatic carbocycles. The maximum absolute atomic E-state index is 6.07. The van der Waals surface area contributed by atoms with E-state index in [1.54, 1.807) is 0 Å². The van der Waals surface area contributed by atoms with Gasteiger partial charge in [0.1, 0.15) is 5.82 Å². The second-order valence-corrected chi connectivity index (χ2v) is 6.01. The molecule has 0 saturated carbocycles. The molecule has 0 amide bonds. The van der Waals surface area contributed by atoms with Gasteiger partial charge in [-0.05, 0) is 50.8 Å². The molecule has 0 radical (unpaired) electrons. The fraction of sp³-hybridized carbons (Fsp3) is 0.643. The van der Waals surface area contributed by atoms with Crippen molar-refractivity contribution in [1.82, 2.24) is 4.98 Å². The molecule has 0 aliphatic heterocycles. The SMILES string of the molecule is CSCCC(C)N(C)c1nc(C)cc(C)c1CCl. The number of aryl methyl sites for hydroxylation is 2. The van der Waals surface area contributed by atoms with Gasteiger partial charge in [-0.1, -0.05) is 0 Å². The highest BCUT2D eigenvalue weighted by Crippen LogP contribution is 2.25. The van der Waals surface area contributed by atoms with Crippen LogP contribution in [-0.2, 0) is 5.88 Å². The van der Waals surface area contributed by atoms with Crippen LogP contribution >= 0.6 is 23.4 Å². The van der Waals surface area contributed by atoms with Crippen LogP contribution in [0.4, 0.5) is 5.82 Å². The molecule has 4 heteroatoms. The quantitative estimate of drug-likeness (QED) is 0.735. The number of nitrogens with zero attached hydrogens (tertiary/aromatic N) is 2. The third-order valence-corrected chi connectivity index (χ3v) is 4.23. The average Bonchev–Trinajstić information content (AvgIpc) is 2.34. The molecular formula is C14H23ClN2S. The maximum Gasteiger partial charge on any atom is 0.133 e. The molecule has 1 unspecified atom stereocenters. The molecule has 0 bridgehead atoms. The Morgan fingerprint density at radius 2 is 2.11 bits per heavy atom. The summed E-state index contributed by atoms with van der Waals surface area (Å²) in [7, 11) is 2.11. The largest absolute Gasteiger partial charge is 0.357 e. The molecule has 0 aliphatic carbocycles. The van der Waals surface area contributed by atoms with Crippen molar-refractivity contribution in [2.24, 2.45) is 0 Å². The van der Waals surface area contributed by atoms with Crippen LogP contribution in [0.15, 0.2) is 6.07 Å². The minimum absolute atomic E-state index is 0.480. The first kappa shape index (κ1) is 15.6. The van der Waals surface area contributed by atoms with Crippen molar-refractivity contribution in [2.45, 2.75) is 39.1 Å². The van der Waals surface area contributed by atoms with E-state index in [-0.39, 0.29) is 0 Å². The monoisotopic (exact) mass is 286 g/mol. The first-order valence-electron chi connectivity index (χ1n) is 6.26. The van der Waals surface area contributed by atoms with Gasteiger partial charge in [-0.25, -0.2) is 4.98 Å². The second-order valence-electron chi connectivity index (χ2n) is 4.76. The van der Waals surface area contributed by atoms with Crippen molar-refractivity contribution in [3.63, 3.8) is 0 Å². The first-order valence-corrected chi connectivity index (χ1v) is 8.19. The number of anilines is 1. The highest BCUT2D eigenvalue weighted by molar-refractivity contribution is 7.98. The van der Waals surface area contributed by atoms with Gasteiger partial charge < -0.3 is 4.90 Å². The van der Waals surface area contributed by atoms with E-state index in [2.05, 4.69) is 43.1 Å². The minimum atomic E-state index is 0.480. The fourth-order valence-corrected chi connectivity index (χ4v) is 2.90. The summed E-state index contributed by atoms with van der Waals surface area (Å²) in [5.41, 5.74) is 3.44. The zero-order valence-electron chi connectivity index (χ0n) is 12.0. The summed E-state index contributed by atoms with van der Waals surface area (Å²) in [5.74, 6) is 2.73. The number of halogens is 1. The zero-order chi connectivity index (χ0) is 13.7. The minimum Gasteiger partial charge on any atom is -0.357 e. The van der Waals surface area contributed by atoms with Crippen molar-refractivity contribution < 1.29 is 0 Å². The van der Waals surface area contributed by atoms with Crippen LogP contribution in [0.1, 0.15) is 30.2 Å². The lowest BCUT2D eigenvalue weighted by atomic mass is 10.1. The number of alkyl halides is 1. The van der Waals surface area contributed by atoms with E-state index in [1.165, 1.54) is 11.3 Å². The number of pyridine rings is 1. The molecule has 2 nitrogen and oxygen atoms in total. The summed E-state index contributed by atoms with van der Waals surface area (Å²) < 4.78 is 0. The van der Waals surface area contributed by atoms with E-state index in [0.29, 0.717) is 11.9 Å². The molecule has 0 aliphatic rings. The van der Waals surface area contributed by atoms with Gasteiger partial charge in [-0.2, -0.15) is 11.8 Å². The number of hydrogen-bond acceptors (Lipinski definition) is 3. The first-order chi connectivity index (χ1) is 8.51. The van der Waals surface area contributed by atoms with Crippen LogP contribution in [0.5, 0.6) is 0 Å². The number of aromatic nitrogens is 1. The van der Waals surface area contributed by atoms with Crippen LogP contribution in [0, 0.1) is 13.8 Å². The Morgan fingerprint density at radius 1 is 1.44 bits per heavy atom. The van der Waals surface area contributed by atoms with E-state index < -0.39 is 0 Å². The Kier molecular flexibility index (Phi) is 6.30. The smallest absolute Gasteiger partial charge is 0.133 e. The van der Waals surface area contributed by atoms with E-state index in [0.717, 1.165) is 23.5 Å². The highest BCUT2D eigenvalue weighted by Gasteiger charge is 2.16. The van der Waals surface area contributed by atoms with E-state index in [1.807, 2.05) is 18.7 Å². The Labute approximate surface area is 120 Å². The summed E-state index contributed by atoms with van der Waals surface area (Å²) in [6.45, 7) is 6.39. The molecule has 1 rings (SSSR count). The zero-order valence-corrected chi connectivity index (χ0v) is 13.5. The summed E-state index contributed by atoms with van der Waals surface area (Å²) >= 11 is 7.96. The predicted octanol–water partition coefficient (Wildman–Crippen LogP) is 4.02. The van der Waals surface area contributed by atoms with Crippen molar-refractivity contribution in [3.05, 3.63) is 22.9 Å². The van der Waals surface area contributed by atoms with Gasteiger partial charge >= 0.3 is 0 Å². The number of hydrogen-bond donors (Lipinski definition) is 0. The summed E-state index contributed by atoms with van der Waals surface area (Å²) in [4.78, 5) is 6.93. The van der Waals surface area contributed by atoms with Crippen molar-refractivity contribution in [3.8, 4) is 0 Å². The predicted molar refractivity (Wildman–Crippen MR) is 84.1 cm³/mol. The average molecular weight is 287 g/mol. The van der Waals surface area contributed by atoms with Gasteiger partial charge in [0.15, 0.2) is 0 Å². The van der Waals surface area contributed by atoms with E-state index in [4.69, 9.17) is 11.6 Å². The van der Waals surface area contributed by atoms with Crippen molar-refractivity contribution in [1.29, 1.82) is 0 Å². The third-order valence-electron chi connectivity index (χ3n) is 3.32. The molecule has 0 saturated heterocycles. The molecule has 18 heavy (non-hydrogen) atoms. The van der Waals surface area contributed by atoms with Crippen LogP contribution in [0.25, 0.3) is 0 Å². The summed E-state index contributed by atoms with van der Waals surface area (Å²) in [6.07, 6.45) is 3.31. The molecule has 0 N–H and O–H groups in total. The van der Waals surface area contributed by atoms with E-state index >= 15 is 0 Å². The number of rotatable bonds is 6. The Hall–Kier alpha value is -0.410. The van der Waals surface area contributed by atoms with Crippen LogP contribution in [0.3, 0.4) is 0 Å². The Morgan fingerprint density at radius 3 is 2.67 bits per heavy atom. The Bertz CT molecular complexity index is 396. The molecule has 1 atom stereocenters. The lowest BCUT2D eigenvalue weighted by Crippen LogP contribution is -2.31. The molecule has 1 aromatic heterocycles. The van der Waals surface area contributed by atoms with Gasteiger partial charge in [0.25, 0.3) is 0 Å². The van der Waals surface area contributed by atoms with Crippen LogP contribution in [-0.4, -0.2) is 30.1 Å². The van der Waals surface area contributed by atoms with Crippen LogP contribution in [0.2, 0.25) is 0 Å².